The molecule has 0 spiro atoms. The molecule has 0 atom stereocenters. The van der Waals surface area contributed by atoms with Gasteiger partial charge in [0.2, 0.25) is 0 Å². The smallest absolute Gasteiger partial charge is 0 e. The van der Waals surface area contributed by atoms with Gasteiger partial charge in [-0.15, -0.1) is 0 Å². The number of hydrogen-bond donors (Lipinski definition) is 0. The fourth-order valence-corrected chi connectivity index (χ4v) is 2.64. The predicted octanol–water partition coefficient (Wildman–Crippen LogP) is -4.02. The van der Waals surface area contributed by atoms with Gasteiger partial charge in [-0.2, -0.15) is 0 Å². The molecule has 0 bridgehead atoms. The number of hydrogen-bond acceptors (Lipinski definition) is 0. The van der Waals surface area contributed by atoms with E-state index in [-0.39, 0.29) is 58.3 Å². The Kier molecular flexibility index (Phi) is 53.2. The minimum absolute atomic E-state index is 0. The monoisotopic (exact) mass is 570 g/mol. The van der Waals surface area contributed by atoms with Gasteiger partial charge in [-0.25, -0.2) is 0 Å². The van der Waals surface area contributed by atoms with Crippen LogP contribution >= 0.6 is 0 Å². The number of unbranched alkanes of at least 4 members (excludes halogenated alkanes) is 4. The average molecular weight is 572 g/mol. The SMILES string of the molecule is CCCC[N+](CCCC)(CCCC)CCCC.[C-]#[O+].[Cl-].[Cl-].[Cl-].[Pt]. The summed E-state index contributed by atoms with van der Waals surface area (Å²) in [7, 11) is 0. The van der Waals surface area contributed by atoms with E-state index in [9.17, 15) is 0 Å². The second kappa shape index (κ2) is 31.1. The van der Waals surface area contributed by atoms with E-state index < -0.39 is 0 Å². The summed E-state index contributed by atoms with van der Waals surface area (Å²) in [5.74, 6) is 0. The van der Waals surface area contributed by atoms with E-state index in [1.165, 1.54) is 82.0 Å². The molecule has 0 rings (SSSR count). The molecule has 0 aliphatic carbocycles. The maximum atomic E-state index is 7.50. The normalized spacial score (nSPS) is 8.96. The summed E-state index contributed by atoms with van der Waals surface area (Å²) in [6.45, 7) is 19.5. The van der Waals surface area contributed by atoms with Crippen molar-refractivity contribution in [1.82, 2.24) is 0 Å². The Morgan fingerprint density at radius 3 is 0.870 bits per heavy atom. The van der Waals surface area contributed by atoms with Gasteiger partial charge in [0.25, 0.3) is 0 Å². The van der Waals surface area contributed by atoms with E-state index >= 15 is 0 Å². The summed E-state index contributed by atoms with van der Waals surface area (Å²) in [6.07, 6.45) is 11.1. The summed E-state index contributed by atoms with van der Waals surface area (Å²) in [4.78, 5) is 0. The second-order valence-electron chi connectivity index (χ2n) is 5.65. The molecule has 2 nitrogen and oxygen atoms in total. The van der Waals surface area contributed by atoms with Crippen molar-refractivity contribution in [2.24, 2.45) is 0 Å². The van der Waals surface area contributed by atoms with Crippen LogP contribution in [0, 0.1) is 6.65 Å². The van der Waals surface area contributed by atoms with E-state index in [1.807, 2.05) is 0 Å². The number of halogens is 3. The quantitative estimate of drug-likeness (QED) is 0.129. The Labute approximate surface area is 178 Å². The van der Waals surface area contributed by atoms with Gasteiger partial charge < -0.3 is 41.7 Å². The minimum atomic E-state index is 0. The Morgan fingerprint density at radius 2 is 0.739 bits per heavy atom. The molecule has 0 radical (unpaired) electrons. The van der Waals surface area contributed by atoms with Crippen molar-refractivity contribution < 1.29 is 67.4 Å². The van der Waals surface area contributed by atoms with Gasteiger partial charge >= 0.3 is 11.3 Å². The van der Waals surface area contributed by atoms with Crippen LogP contribution in [-0.2, 0) is 25.7 Å². The van der Waals surface area contributed by atoms with Gasteiger partial charge in [0.05, 0.1) is 26.2 Å². The van der Waals surface area contributed by atoms with Gasteiger partial charge in [0.15, 0.2) is 0 Å². The van der Waals surface area contributed by atoms with Crippen LogP contribution < -0.4 is 37.2 Å². The molecule has 0 aromatic carbocycles. The standard InChI is InChI=1S/C16H36N.CO.3ClH.Pt/c1-5-9-13-17(14-10-6-2,15-11-7-3)16-12-8-4;1-2;;;;/h5-16H2,1-4H3;;3*1H;/q+1;;;;;/p-3. The number of quaternary nitrogens is 1. The van der Waals surface area contributed by atoms with Crippen LogP contribution in [0.1, 0.15) is 79.1 Å². The molecular weight excluding hydrogens is 536 g/mol. The van der Waals surface area contributed by atoms with Crippen molar-refractivity contribution in [3.05, 3.63) is 6.65 Å². The molecule has 148 valence electrons. The molecule has 0 fully saturated rings. The zero-order valence-electron chi connectivity index (χ0n) is 15.3. The van der Waals surface area contributed by atoms with Crippen molar-refractivity contribution in [1.29, 1.82) is 0 Å². The van der Waals surface area contributed by atoms with Crippen LogP contribution in [0.25, 0.3) is 0 Å². The zero-order valence-corrected chi connectivity index (χ0v) is 19.8. The van der Waals surface area contributed by atoms with Crippen molar-refractivity contribution in [3.63, 3.8) is 0 Å². The fraction of sp³-hybridized carbons (Fsp3) is 0.941. The first-order chi connectivity index (χ1) is 9.24. The molecule has 0 saturated heterocycles. The predicted molar refractivity (Wildman–Crippen MR) is 83.3 cm³/mol. The first-order valence-electron chi connectivity index (χ1n) is 8.30. The molecule has 0 unspecified atom stereocenters. The number of nitrogens with zero attached hydrogens (tertiary/aromatic N) is 1. The Bertz CT molecular complexity index is 170. The molecule has 0 amide bonds. The van der Waals surface area contributed by atoms with E-state index in [2.05, 4.69) is 34.3 Å². The summed E-state index contributed by atoms with van der Waals surface area (Å²) in [5, 5.41) is 0. The van der Waals surface area contributed by atoms with E-state index in [1.54, 1.807) is 0 Å². The first-order valence-corrected chi connectivity index (χ1v) is 8.30. The Morgan fingerprint density at radius 1 is 0.565 bits per heavy atom. The van der Waals surface area contributed by atoms with Gasteiger partial charge in [-0.05, 0) is 25.7 Å². The molecule has 0 heterocycles. The molecule has 0 saturated carbocycles. The Hall–Kier alpha value is 1.26. The molecule has 6 heteroatoms. The fourth-order valence-electron chi connectivity index (χ4n) is 2.64. The second-order valence-corrected chi connectivity index (χ2v) is 5.65. The molecular formula is C17H36Cl3NOPt-2. The van der Waals surface area contributed by atoms with Crippen LogP contribution in [-0.4, -0.2) is 30.7 Å². The molecule has 0 aromatic rings. The summed E-state index contributed by atoms with van der Waals surface area (Å²) >= 11 is 0. The van der Waals surface area contributed by atoms with Gasteiger partial charge in [0.1, 0.15) is 0 Å². The molecule has 23 heavy (non-hydrogen) atoms. The average Bonchev–Trinajstić information content (AvgIpc) is 2.48. The van der Waals surface area contributed by atoms with Gasteiger partial charge in [0, 0.05) is 21.1 Å². The molecule has 0 N–H and O–H groups in total. The third-order valence-corrected chi connectivity index (χ3v) is 3.94. The third kappa shape index (κ3) is 23.3. The maximum absolute atomic E-state index is 7.50. The van der Waals surface area contributed by atoms with Crippen molar-refractivity contribution >= 4 is 0 Å². The van der Waals surface area contributed by atoms with Gasteiger partial charge in [-0.3, -0.25) is 0 Å². The Balaban J connectivity index is -0.000000115. The molecule has 0 aromatic heterocycles. The van der Waals surface area contributed by atoms with Crippen LogP contribution in [0.4, 0.5) is 0 Å². The topological polar surface area (TPSA) is 19.9 Å². The van der Waals surface area contributed by atoms with Crippen molar-refractivity contribution in [2.45, 2.75) is 79.1 Å². The van der Waals surface area contributed by atoms with Crippen molar-refractivity contribution in [3.8, 4) is 0 Å². The zero-order chi connectivity index (χ0) is 15.0. The van der Waals surface area contributed by atoms with E-state index in [0.717, 1.165) is 0 Å². The third-order valence-electron chi connectivity index (χ3n) is 3.94. The van der Waals surface area contributed by atoms with Crippen molar-refractivity contribution in [2.75, 3.05) is 26.2 Å². The molecule has 0 aliphatic heterocycles. The summed E-state index contributed by atoms with van der Waals surface area (Å²) in [6, 6.07) is 0. The van der Waals surface area contributed by atoms with E-state index in [4.69, 9.17) is 4.65 Å². The minimum Gasteiger partial charge on any atom is -1.00 e. The largest absolute Gasteiger partial charge is 1.00 e. The van der Waals surface area contributed by atoms with Crippen LogP contribution in [0.5, 0.6) is 0 Å². The number of rotatable bonds is 12. The van der Waals surface area contributed by atoms with Crippen LogP contribution in [0.2, 0.25) is 0 Å². The van der Waals surface area contributed by atoms with Gasteiger partial charge in [-0.1, -0.05) is 53.4 Å². The van der Waals surface area contributed by atoms with Crippen LogP contribution in [0.3, 0.4) is 0 Å². The summed E-state index contributed by atoms with van der Waals surface area (Å²) < 4.78 is 8.92. The first kappa shape index (κ1) is 39.4. The maximum Gasteiger partial charge on any atom is 0 e. The molecule has 0 aliphatic rings. The summed E-state index contributed by atoms with van der Waals surface area (Å²) in [5.41, 5.74) is 0. The van der Waals surface area contributed by atoms with Crippen LogP contribution in [0.15, 0.2) is 0 Å². The van der Waals surface area contributed by atoms with E-state index in [0.29, 0.717) is 0 Å².